The number of hydrogen-bond donors (Lipinski definition) is 1. The molecule has 1 heterocycles. The Kier molecular flexibility index (Phi) is 7.57. The molecule has 33 heavy (non-hydrogen) atoms. The van der Waals surface area contributed by atoms with Crippen molar-refractivity contribution in [2.75, 3.05) is 20.1 Å². The van der Waals surface area contributed by atoms with Gasteiger partial charge in [0.05, 0.1) is 17.6 Å². The number of aryl methyl sites for hydroxylation is 2. The van der Waals surface area contributed by atoms with Crippen LogP contribution in [0.1, 0.15) is 41.7 Å². The van der Waals surface area contributed by atoms with Gasteiger partial charge in [-0.1, -0.05) is 18.2 Å². The van der Waals surface area contributed by atoms with Gasteiger partial charge in [-0.2, -0.15) is 13.2 Å². The smallest absolute Gasteiger partial charge is 0.419 e. The van der Waals surface area contributed by atoms with Gasteiger partial charge in [0.15, 0.2) is 0 Å². The maximum atomic E-state index is 13.5. The summed E-state index contributed by atoms with van der Waals surface area (Å²) in [6.07, 6.45) is -4.87. The van der Waals surface area contributed by atoms with Crippen LogP contribution in [0.5, 0.6) is 11.5 Å². The molecule has 2 aromatic carbocycles. The Morgan fingerprint density at radius 1 is 1.12 bits per heavy atom. The lowest BCUT2D eigenvalue weighted by atomic mass is 9.97. The van der Waals surface area contributed by atoms with E-state index in [0.29, 0.717) is 11.3 Å². The van der Waals surface area contributed by atoms with Crippen LogP contribution in [0.3, 0.4) is 0 Å². The molecule has 0 saturated carbocycles. The number of rotatable bonds is 8. The van der Waals surface area contributed by atoms with Crippen LogP contribution in [-0.2, 0) is 24.1 Å². The van der Waals surface area contributed by atoms with Gasteiger partial charge in [-0.3, -0.25) is 9.69 Å². The van der Waals surface area contributed by atoms with E-state index in [0.717, 1.165) is 42.4 Å². The van der Waals surface area contributed by atoms with E-state index in [1.54, 1.807) is 27.0 Å². The Morgan fingerprint density at radius 3 is 2.30 bits per heavy atom. The topological polar surface area (TPSA) is 50.8 Å². The highest BCUT2D eigenvalue weighted by atomic mass is 19.4. The van der Waals surface area contributed by atoms with Crippen LogP contribution in [0.15, 0.2) is 30.3 Å². The summed E-state index contributed by atoms with van der Waals surface area (Å²) in [4.78, 5) is 13.9. The summed E-state index contributed by atoms with van der Waals surface area (Å²) in [7, 11) is 1.65. The number of carbonyl (C=O) groups is 1. The van der Waals surface area contributed by atoms with Crippen molar-refractivity contribution in [3.63, 3.8) is 0 Å². The molecule has 0 radical (unpaired) electrons. The van der Waals surface area contributed by atoms with E-state index in [1.807, 2.05) is 26.0 Å². The van der Waals surface area contributed by atoms with E-state index in [9.17, 15) is 18.0 Å². The average molecular weight is 465 g/mol. The third-order valence-electron chi connectivity index (χ3n) is 5.60. The quantitative estimate of drug-likeness (QED) is 0.606. The van der Waals surface area contributed by atoms with Crippen molar-refractivity contribution in [3.8, 4) is 11.5 Å². The van der Waals surface area contributed by atoms with Crippen LogP contribution in [0.25, 0.3) is 0 Å². The summed E-state index contributed by atoms with van der Waals surface area (Å²) < 4.78 is 51.7. The average Bonchev–Trinajstić information content (AvgIpc) is 2.69. The second kappa shape index (κ2) is 10.0. The fraction of sp³-hybridized carbons (Fsp3) is 0.480. The van der Waals surface area contributed by atoms with Gasteiger partial charge in [-0.15, -0.1) is 0 Å². The number of likely N-dealkylation sites (tertiary alicyclic amines) is 1. The lowest BCUT2D eigenvalue weighted by molar-refractivity contribution is -0.139. The molecule has 0 unspecified atom stereocenters. The van der Waals surface area contributed by atoms with Gasteiger partial charge in [0.2, 0.25) is 5.91 Å². The molecule has 0 aromatic heterocycles. The van der Waals surface area contributed by atoms with E-state index in [4.69, 9.17) is 9.47 Å². The van der Waals surface area contributed by atoms with Crippen LogP contribution in [0, 0.1) is 19.8 Å². The number of alkyl halides is 3. The number of nitrogens with zero attached hydrogens (tertiary/aromatic N) is 1. The molecular weight excluding hydrogens is 433 g/mol. The Labute approximate surface area is 192 Å². The first kappa shape index (κ1) is 24.9. The van der Waals surface area contributed by atoms with Gasteiger partial charge in [-0.05, 0) is 62.1 Å². The van der Waals surface area contributed by atoms with Gasteiger partial charge in [-0.25, -0.2) is 0 Å². The molecule has 0 atom stereocenters. The van der Waals surface area contributed by atoms with E-state index < -0.39 is 11.7 Å². The Bertz CT molecular complexity index is 976. The Morgan fingerprint density at radius 2 is 1.76 bits per heavy atom. The fourth-order valence-electron chi connectivity index (χ4n) is 4.09. The normalized spacial score (nSPS) is 14.8. The second-order valence-corrected chi connectivity index (χ2v) is 8.85. The minimum atomic E-state index is -4.51. The van der Waals surface area contributed by atoms with E-state index in [-0.39, 0.29) is 30.3 Å². The van der Waals surface area contributed by atoms with Crippen LogP contribution in [-0.4, -0.2) is 37.0 Å². The number of ether oxygens (including phenoxy) is 2. The van der Waals surface area contributed by atoms with Crippen LogP contribution < -0.4 is 14.8 Å². The minimum absolute atomic E-state index is 0.0198. The zero-order valence-electron chi connectivity index (χ0n) is 19.7. The molecule has 0 aliphatic carbocycles. The predicted octanol–water partition coefficient (Wildman–Crippen LogP) is 4.87. The highest BCUT2D eigenvalue weighted by molar-refractivity contribution is 5.79. The van der Waals surface area contributed by atoms with Crippen LogP contribution in [0.4, 0.5) is 13.2 Å². The van der Waals surface area contributed by atoms with E-state index >= 15 is 0 Å². The van der Waals surface area contributed by atoms with Gasteiger partial charge >= 0.3 is 6.18 Å². The molecule has 180 valence electrons. The van der Waals surface area contributed by atoms with Crippen molar-refractivity contribution >= 4 is 5.91 Å². The third-order valence-corrected chi connectivity index (χ3v) is 5.60. The van der Waals surface area contributed by atoms with Gasteiger partial charge in [0.25, 0.3) is 0 Å². The molecule has 5 nitrogen and oxygen atoms in total. The lowest BCUT2D eigenvalue weighted by Gasteiger charge is -2.38. The molecule has 1 saturated heterocycles. The number of hydrogen-bond acceptors (Lipinski definition) is 4. The maximum absolute atomic E-state index is 13.5. The third kappa shape index (κ3) is 6.19. The van der Waals surface area contributed by atoms with E-state index in [1.165, 1.54) is 6.07 Å². The van der Waals surface area contributed by atoms with Crippen molar-refractivity contribution in [1.29, 1.82) is 0 Å². The van der Waals surface area contributed by atoms with Crippen molar-refractivity contribution in [2.45, 2.75) is 53.1 Å². The first-order valence-corrected chi connectivity index (χ1v) is 11.0. The lowest BCUT2D eigenvalue weighted by Crippen LogP contribution is -2.52. The Hall–Kier alpha value is -2.74. The Balaban J connectivity index is 1.67. The zero-order chi connectivity index (χ0) is 24.3. The summed E-state index contributed by atoms with van der Waals surface area (Å²) in [6.45, 7) is 9.45. The number of halogens is 3. The number of benzene rings is 2. The summed E-state index contributed by atoms with van der Waals surface area (Å²) in [6, 6.07) is 8.08. The molecule has 1 amide bonds. The van der Waals surface area contributed by atoms with Crippen molar-refractivity contribution < 1.29 is 27.4 Å². The SMILES string of the molecule is CNC(=O)C1CN(Cc2cc(C)c(OCc3ccc(OC(C)C)c(C(F)(F)F)c3)c(C)c2)C1. The summed E-state index contributed by atoms with van der Waals surface area (Å²) in [5.74, 6) is 0.600. The number of carbonyl (C=O) groups excluding carboxylic acids is 1. The zero-order valence-corrected chi connectivity index (χ0v) is 19.7. The van der Waals surface area contributed by atoms with Crippen LogP contribution in [0.2, 0.25) is 0 Å². The molecule has 3 rings (SSSR count). The maximum Gasteiger partial charge on any atom is 0.419 e. The molecule has 8 heteroatoms. The highest BCUT2D eigenvalue weighted by Gasteiger charge is 2.35. The fourth-order valence-corrected chi connectivity index (χ4v) is 4.09. The first-order valence-electron chi connectivity index (χ1n) is 11.0. The number of nitrogens with one attached hydrogen (secondary N) is 1. The molecular formula is C25H31F3N2O3. The molecule has 0 bridgehead atoms. The monoisotopic (exact) mass is 464 g/mol. The number of amides is 1. The standard InChI is InChI=1S/C25H31F3N2O3/c1-15(2)33-22-7-6-18(10-21(22)25(26,27)28)14-32-23-16(3)8-19(9-17(23)4)11-30-12-20(13-30)24(31)29-5/h6-10,15,20H,11-14H2,1-5H3,(H,29,31). The molecule has 1 aliphatic heterocycles. The summed E-state index contributed by atoms with van der Waals surface area (Å²) in [5, 5.41) is 2.68. The molecule has 1 fully saturated rings. The van der Waals surface area contributed by atoms with Crippen LogP contribution >= 0.6 is 0 Å². The predicted molar refractivity (Wildman–Crippen MR) is 120 cm³/mol. The van der Waals surface area contributed by atoms with Gasteiger partial charge < -0.3 is 14.8 Å². The van der Waals surface area contributed by atoms with E-state index in [2.05, 4.69) is 10.2 Å². The second-order valence-electron chi connectivity index (χ2n) is 8.85. The first-order chi connectivity index (χ1) is 15.5. The van der Waals surface area contributed by atoms with Gasteiger partial charge in [0, 0.05) is 26.7 Å². The molecule has 2 aromatic rings. The van der Waals surface area contributed by atoms with Crippen molar-refractivity contribution in [1.82, 2.24) is 10.2 Å². The molecule has 1 aliphatic rings. The summed E-state index contributed by atoms with van der Waals surface area (Å²) in [5.41, 5.74) is 2.57. The molecule has 1 N–H and O–H groups in total. The van der Waals surface area contributed by atoms with Gasteiger partial charge in [0.1, 0.15) is 18.1 Å². The largest absolute Gasteiger partial charge is 0.490 e. The summed E-state index contributed by atoms with van der Waals surface area (Å²) >= 11 is 0. The highest BCUT2D eigenvalue weighted by Crippen LogP contribution is 2.37. The van der Waals surface area contributed by atoms with Crippen molar-refractivity contribution in [3.05, 3.63) is 58.1 Å². The molecule has 0 spiro atoms. The minimum Gasteiger partial charge on any atom is -0.490 e. The van der Waals surface area contributed by atoms with Crippen molar-refractivity contribution in [2.24, 2.45) is 5.92 Å².